The van der Waals surface area contributed by atoms with E-state index in [9.17, 15) is 10.1 Å². The van der Waals surface area contributed by atoms with Gasteiger partial charge < -0.3 is 19.1 Å². The summed E-state index contributed by atoms with van der Waals surface area (Å²) in [6.07, 6.45) is 1.57. The Morgan fingerprint density at radius 3 is 2.67 bits per heavy atom. The summed E-state index contributed by atoms with van der Waals surface area (Å²) < 4.78 is 16.9. The molecule has 2 aromatic carbocycles. The zero-order valence-corrected chi connectivity index (χ0v) is 17.5. The molecule has 0 spiro atoms. The van der Waals surface area contributed by atoms with Gasteiger partial charge in [-0.1, -0.05) is 35.9 Å². The van der Waals surface area contributed by atoms with Gasteiger partial charge in [-0.25, -0.2) is 0 Å². The standard InChI is InChI=1S/C23H23ClN2O4/c1-2-29-22-14-17(13-19(15-25)23(27)26-9-11-28-12-10-26)7-8-21(22)30-16-18-5-3-4-6-20(18)24/h3-8,13-14H,2,9-12,16H2,1H3/b19-13+. The molecule has 1 saturated heterocycles. The smallest absolute Gasteiger partial charge is 0.264 e. The van der Waals surface area contributed by atoms with E-state index in [4.69, 9.17) is 25.8 Å². The molecule has 1 aliphatic rings. The van der Waals surface area contributed by atoms with Crippen LogP contribution in [0.1, 0.15) is 18.1 Å². The quantitative estimate of drug-likeness (QED) is 0.492. The summed E-state index contributed by atoms with van der Waals surface area (Å²) in [6, 6.07) is 14.8. The van der Waals surface area contributed by atoms with Gasteiger partial charge in [0.1, 0.15) is 18.2 Å². The lowest BCUT2D eigenvalue weighted by Gasteiger charge is -2.26. The molecular weight excluding hydrogens is 404 g/mol. The highest BCUT2D eigenvalue weighted by molar-refractivity contribution is 6.31. The number of morpholine rings is 1. The minimum Gasteiger partial charge on any atom is -0.490 e. The molecule has 1 amide bonds. The van der Waals surface area contributed by atoms with Gasteiger partial charge in [0, 0.05) is 23.7 Å². The molecule has 6 nitrogen and oxygen atoms in total. The van der Waals surface area contributed by atoms with Crippen LogP contribution in [0.2, 0.25) is 5.02 Å². The molecule has 0 N–H and O–H groups in total. The summed E-state index contributed by atoms with van der Waals surface area (Å²) in [5, 5.41) is 10.1. The molecule has 156 valence electrons. The van der Waals surface area contributed by atoms with Crippen molar-refractivity contribution in [2.45, 2.75) is 13.5 Å². The van der Waals surface area contributed by atoms with Crippen LogP contribution in [-0.2, 0) is 16.1 Å². The second kappa shape index (κ2) is 10.7. The van der Waals surface area contributed by atoms with Gasteiger partial charge in [-0.3, -0.25) is 4.79 Å². The molecular formula is C23H23ClN2O4. The third-order valence-electron chi connectivity index (χ3n) is 4.57. The van der Waals surface area contributed by atoms with E-state index >= 15 is 0 Å². The van der Waals surface area contributed by atoms with Gasteiger partial charge in [0.2, 0.25) is 0 Å². The lowest BCUT2D eigenvalue weighted by atomic mass is 10.1. The number of amides is 1. The highest BCUT2D eigenvalue weighted by Gasteiger charge is 2.20. The van der Waals surface area contributed by atoms with Crippen molar-refractivity contribution in [2.75, 3.05) is 32.9 Å². The van der Waals surface area contributed by atoms with Crippen LogP contribution in [0.25, 0.3) is 6.08 Å². The molecule has 1 fully saturated rings. The van der Waals surface area contributed by atoms with Gasteiger partial charge in [-0.2, -0.15) is 5.26 Å². The van der Waals surface area contributed by atoms with Crippen molar-refractivity contribution in [3.63, 3.8) is 0 Å². The second-order valence-electron chi connectivity index (χ2n) is 6.59. The maximum Gasteiger partial charge on any atom is 0.264 e. The number of nitrogens with zero attached hydrogens (tertiary/aromatic N) is 2. The van der Waals surface area contributed by atoms with Gasteiger partial charge in [-0.05, 0) is 36.8 Å². The number of hydrogen-bond donors (Lipinski definition) is 0. The molecule has 1 aliphatic heterocycles. The van der Waals surface area contributed by atoms with Crippen LogP contribution in [0, 0.1) is 11.3 Å². The van der Waals surface area contributed by atoms with Crippen molar-refractivity contribution in [2.24, 2.45) is 0 Å². The number of benzene rings is 2. The number of hydrogen-bond acceptors (Lipinski definition) is 5. The largest absolute Gasteiger partial charge is 0.490 e. The topological polar surface area (TPSA) is 71.8 Å². The Hall–Kier alpha value is -3.01. The molecule has 0 bridgehead atoms. The van der Waals surface area contributed by atoms with Crippen LogP contribution >= 0.6 is 11.6 Å². The minimum absolute atomic E-state index is 0.0732. The molecule has 1 heterocycles. The number of nitriles is 1. The fraction of sp³-hybridized carbons (Fsp3) is 0.304. The van der Waals surface area contributed by atoms with E-state index in [0.717, 1.165) is 5.56 Å². The highest BCUT2D eigenvalue weighted by atomic mass is 35.5. The molecule has 2 aromatic rings. The van der Waals surface area contributed by atoms with Gasteiger partial charge in [0.15, 0.2) is 11.5 Å². The predicted molar refractivity (Wildman–Crippen MR) is 114 cm³/mol. The van der Waals surface area contributed by atoms with Crippen LogP contribution in [0.5, 0.6) is 11.5 Å². The molecule has 0 atom stereocenters. The van der Waals surface area contributed by atoms with E-state index in [2.05, 4.69) is 0 Å². The van der Waals surface area contributed by atoms with Crippen molar-refractivity contribution in [1.82, 2.24) is 4.90 Å². The Bertz CT molecular complexity index is 962. The fourth-order valence-corrected chi connectivity index (χ4v) is 3.21. The van der Waals surface area contributed by atoms with Crippen LogP contribution in [0.4, 0.5) is 0 Å². The number of ether oxygens (including phenoxy) is 3. The average Bonchev–Trinajstić information content (AvgIpc) is 2.78. The Morgan fingerprint density at radius 2 is 1.97 bits per heavy atom. The Morgan fingerprint density at radius 1 is 1.20 bits per heavy atom. The first-order valence-corrected chi connectivity index (χ1v) is 10.1. The minimum atomic E-state index is -0.294. The SMILES string of the molecule is CCOc1cc(/C=C(\C#N)C(=O)N2CCOCC2)ccc1OCc1ccccc1Cl. The van der Waals surface area contributed by atoms with E-state index in [1.54, 1.807) is 29.2 Å². The number of carbonyl (C=O) groups excluding carboxylic acids is 1. The van der Waals surface area contributed by atoms with Gasteiger partial charge in [-0.15, -0.1) is 0 Å². The number of carbonyl (C=O) groups is 1. The first kappa shape index (κ1) is 21.7. The van der Waals surface area contributed by atoms with E-state index in [1.807, 2.05) is 37.3 Å². The van der Waals surface area contributed by atoms with Crippen molar-refractivity contribution in [1.29, 1.82) is 5.26 Å². The first-order valence-electron chi connectivity index (χ1n) is 9.74. The summed E-state index contributed by atoms with van der Waals surface area (Å²) in [5.74, 6) is 0.805. The zero-order valence-electron chi connectivity index (χ0n) is 16.8. The van der Waals surface area contributed by atoms with Crippen molar-refractivity contribution >= 4 is 23.6 Å². The maximum atomic E-state index is 12.6. The Balaban J connectivity index is 1.79. The van der Waals surface area contributed by atoms with Gasteiger partial charge in [0.25, 0.3) is 5.91 Å². The normalized spacial score (nSPS) is 14.2. The van der Waals surface area contributed by atoms with E-state index in [0.29, 0.717) is 61.6 Å². The molecule has 0 radical (unpaired) electrons. The summed E-state index contributed by atoms with van der Waals surface area (Å²) in [5.41, 5.74) is 1.62. The van der Waals surface area contributed by atoms with Gasteiger partial charge >= 0.3 is 0 Å². The molecule has 0 saturated carbocycles. The van der Waals surface area contributed by atoms with Crippen LogP contribution in [0.15, 0.2) is 48.0 Å². The van der Waals surface area contributed by atoms with Crippen molar-refractivity contribution in [3.8, 4) is 17.6 Å². The lowest BCUT2D eigenvalue weighted by Crippen LogP contribution is -2.41. The zero-order chi connectivity index (χ0) is 21.3. The number of halogens is 1. The molecule has 7 heteroatoms. The molecule has 0 aliphatic carbocycles. The summed E-state index contributed by atoms with van der Waals surface area (Å²) in [7, 11) is 0. The maximum absolute atomic E-state index is 12.6. The molecule has 0 aromatic heterocycles. The fourth-order valence-electron chi connectivity index (χ4n) is 3.02. The third kappa shape index (κ3) is 5.53. The summed E-state index contributed by atoms with van der Waals surface area (Å²) >= 11 is 6.19. The molecule has 0 unspecified atom stereocenters. The molecule has 30 heavy (non-hydrogen) atoms. The molecule has 3 rings (SSSR count). The summed E-state index contributed by atoms with van der Waals surface area (Å²) in [6.45, 7) is 4.56. The highest BCUT2D eigenvalue weighted by Crippen LogP contribution is 2.31. The summed E-state index contributed by atoms with van der Waals surface area (Å²) in [4.78, 5) is 14.2. The van der Waals surface area contributed by atoms with E-state index in [1.165, 1.54) is 0 Å². The Kier molecular flexibility index (Phi) is 7.72. The van der Waals surface area contributed by atoms with E-state index in [-0.39, 0.29) is 11.5 Å². The van der Waals surface area contributed by atoms with Gasteiger partial charge in [0.05, 0.1) is 19.8 Å². The predicted octanol–water partition coefficient (Wildman–Crippen LogP) is 4.08. The van der Waals surface area contributed by atoms with Crippen LogP contribution in [-0.4, -0.2) is 43.7 Å². The number of rotatable bonds is 7. The monoisotopic (exact) mass is 426 g/mol. The average molecular weight is 427 g/mol. The lowest BCUT2D eigenvalue weighted by molar-refractivity contribution is -0.130. The van der Waals surface area contributed by atoms with Crippen molar-refractivity contribution in [3.05, 3.63) is 64.2 Å². The van der Waals surface area contributed by atoms with Crippen LogP contribution in [0.3, 0.4) is 0 Å². The third-order valence-corrected chi connectivity index (χ3v) is 4.94. The van der Waals surface area contributed by atoms with Crippen molar-refractivity contribution < 1.29 is 19.0 Å². The van der Waals surface area contributed by atoms with Crippen LogP contribution < -0.4 is 9.47 Å². The first-order chi connectivity index (χ1) is 14.6. The Labute approximate surface area is 181 Å². The van der Waals surface area contributed by atoms with E-state index < -0.39 is 0 Å². The second-order valence-corrected chi connectivity index (χ2v) is 7.00.